The van der Waals surface area contributed by atoms with E-state index in [1.807, 2.05) is 6.08 Å². The zero-order valence-corrected chi connectivity index (χ0v) is 64.1. The number of hydrogen-bond acceptors (Lipinski definition) is 18. The summed E-state index contributed by atoms with van der Waals surface area (Å²) in [5.41, 5.74) is 0. The van der Waals surface area contributed by atoms with Gasteiger partial charge in [-0.15, -0.1) is 0 Å². The number of carbonyl (C=O) groups is 1. The van der Waals surface area contributed by atoms with Crippen molar-refractivity contribution in [2.45, 2.75) is 362 Å². The van der Waals surface area contributed by atoms with E-state index in [2.05, 4.69) is 153 Å². The molecule has 0 saturated carbocycles. The van der Waals surface area contributed by atoms with Crippen LogP contribution in [0.3, 0.4) is 0 Å². The minimum Gasteiger partial charge on any atom is -0.394 e. The number of ether oxygens (including phenoxy) is 6. The lowest BCUT2D eigenvalue weighted by Crippen LogP contribution is -2.66. The molecule has 600 valence electrons. The number of allylic oxidation sites excluding steroid dienone is 23. The Morgan fingerprint density at radius 1 is 0.352 bits per heavy atom. The third-order valence-electron chi connectivity index (χ3n) is 19.1. The molecule has 0 aromatic rings. The van der Waals surface area contributed by atoms with Crippen LogP contribution in [0.2, 0.25) is 0 Å². The molecule has 0 radical (unpaired) electrons. The predicted molar refractivity (Wildman–Crippen MR) is 419 cm³/mol. The summed E-state index contributed by atoms with van der Waals surface area (Å²) in [5, 5.41) is 121. The lowest BCUT2D eigenvalue weighted by Gasteiger charge is -2.48. The van der Waals surface area contributed by atoms with Crippen LogP contribution >= 0.6 is 0 Å². The molecule has 0 aliphatic carbocycles. The van der Waals surface area contributed by atoms with Crippen LogP contribution in [-0.4, -0.2) is 193 Å². The predicted octanol–water partition coefficient (Wildman–Crippen LogP) is 13.8. The van der Waals surface area contributed by atoms with Gasteiger partial charge in [0.2, 0.25) is 5.91 Å². The summed E-state index contributed by atoms with van der Waals surface area (Å²) in [6.07, 6.45) is 66.8. The van der Waals surface area contributed by atoms with E-state index in [4.69, 9.17) is 28.4 Å². The van der Waals surface area contributed by atoms with Gasteiger partial charge in [-0.25, -0.2) is 0 Å². The van der Waals surface area contributed by atoms with Crippen LogP contribution < -0.4 is 5.32 Å². The molecule has 19 nitrogen and oxygen atoms in total. The highest BCUT2D eigenvalue weighted by molar-refractivity contribution is 5.76. The quantitative estimate of drug-likeness (QED) is 0.0199. The molecule has 17 atom stereocenters. The van der Waals surface area contributed by atoms with Crippen molar-refractivity contribution in [3.05, 3.63) is 146 Å². The first-order valence-corrected chi connectivity index (χ1v) is 40.6. The smallest absolute Gasteiger partial charge is 0.220 e. The second-order valence-corrected chi connectivity index (χ2v) is 28.1. The standard InChI is InChI=1S/C86H143NO18/c1-3-5-7-9-11-13-15-17-19-21-23-25-27-29-30-31-32-33-34-35-36-37-38-40-42-44-46-48-50-52-54-56-58-60-62-64-74(92)87-69(70(91)63-61-59-57-55-53-51-49-47-45-43-41-39-28-26-24-22-20-18-16-14-12-10-8-6-4-2)68-100-84-80(98)77(95)82(72(66-89)102-84)105-86-81(99)78(96)83(73(67-90)103-86)104-85-79(97)76(94)75(93)71(65-88)101-85/h5,7,11,13,17,19,23,25,29-30,32-33,35-36,38,40,44-47,53,55,61,63,69-73,75-86,88-91,93-99H,3-4,6,8-10,12,14-16,18,20-22,24,26-28,31,34,37,39,41-43,48-52,54,56-60,62,64-68H2,1-2H3,(H,87,92)/b7-5-,13-11-,19-17-,25-23-,30-29-,33-32-,36-35-,40-38-,46-44-,47-45+,55-53+,63-61+. The van der Waals surface area contributed by atoms with Gasteiger partial charge in [-0.3, -0.25) is 4.79 Å². The SMILES string of the molecule is CC/C=C\C/C=C\C/C=C\C/C=C\C/C=C\C/C=C\C/C=C\C/C=C\C/C=C\CCCCCCCCCC(=O)NC(COC1OC(CO)C(OC2OC(CO)C(OC3OC(CO)C(O)C(O)C3O)C(O)C2O)C(O)C1O)C(O)/C=C/CC/C=C/CC/C=C/CCCCCCCCCCCCCCCCC. The summed E-state index contributed by atoms with van der Waals surface area (Å²) >= 11 is 0. The number of amides is 1. The fourth-order valence-electron chi connectivity index (χ4n) is 12.6. The molecule has 12 N–H and O–H groups in total. The Kier molecular flexibility index (Phi) is 58.3. The Morgan fingerprint density at radius 2 is 0.667 bits per heavy atom. The molecule has 17 unspecified atom stereocenters. The van der Waals surface area contributed by atoms with Crippen molar-refractivity contribution >= 4 is 5.91 Å². The maximum absolute atomic E-state index is 13.5. The molecule has 3 aliphatic heterocycles. The molecule has 3 fully saturated rings. The van der Waals surface area contributed by atoms with Crippen molar-refractivity contribution in [1.29, 1.82) is 0 Å². The molecule has 1 amide bonds. The summed E-state index contributed by atoms with van der Waals surface area (Å²) < 4.78 is 34.4. The first-order valence-electron chi connectivity index (χ1n) is 40.6. The van der Waals surface area contributed by atoms with Crippen LogP contribution in [0, 0.1) is 0 Å². The minimum absolute atomic E-state index is 0.209. The normalized spacial score (nSPS) is 26.6. The lowest BCUT2D eigenvalue weighted by molar-refractivity contribution is -0.379. The molecule has 19 heteroatoms. The Balaban J connectivity index is 1.40. The molecule has 0 aromatic carbocycles. The van der Waals surface area contributed by atoms with Gasteiger partial charge in [0.1, 0.15) is 73.2 Å². The van der Waals surface area contributed by atoms with Crippen molar-refractivity contribution in [2.75, 3.05) is 26.4 Å². The fourth-order valence-corrected chi connectivity index (χ4v) is 12.6. The average molecular weight is 1480 g/mol. The van der Waals surface area contributed by atoms with Gasteiger partial charge in [0.25, 0.3) is 0 Å². The van der Waals surface area contributed by atoms with Gasteiger partial charge in [-0.2, -0.15) is 0 Å². The average Bonchev–Trinajstić information content (AvgIpc) is 0.781. The van der Waals surface area contributed by atoms with E-state index in [0.29, 0.717) is 12.8 Å². The van der Waals surface area contributed by atoms with Crippen LogP contribution in [0.15, 0.2) is 146 Å². The number of aliphatic hydroxyl groups is 11. The molecular weight excluding hydrogens is 1330 g/mol. The summed E-state index contributed by atoms with van der Waals surface area (Å²) in [7, 11) is 0. The third-order valence-corrected chi connectivity index (χ3v) is 19.1. The highest BCUT2D eigenvalue weighted by Gasteiger charge is 2.54. The van der Waals surface area contributed by atoms with E-state index in [1.165, 1.54) is 96.3 Å². The van der Waals surface area contributed by atoms with Gasteiger partial charge in [-0.05, 0) is 116 Å². The Labute approximate surface area is 632 Å². The maximum Gasteiger partial charge on any atom is 0.220 e. The maximum atomic E-state index is 13.5. The Bertz CT molecular complexity index is 2470. The first-order chi connectivity index (χ1) is 51.3. The molecule has 0 bridgehead atoms. The topological polar surface area (TPSA) is 307 Å². The van der Waals surface area contributed by atoms with Crippen molar-refractivity contribution in [3.8, 4) is 0 Å². The van der Waals surface area contributed by atoms with Gasteiger partial charge in [0.05, 0.1) is 38.6 Å². The van der Waals surface area contributed by atoms with Gasteiger partial charge in [0.15, 0.2) is 18.9 Å². The molecule has 0 aromatic heterocycles. The number of rotatable bonds is 62. The molecule has 3 aliphatic rings. The fraction of sp³-hybridized carbons (Fsp3) is 0.709. The van der Waals surface area contributed by atoms with Crippen LogP contribution in [0.1, 0.15) is 258 Å². The van der Waals surface area contributed by atoms with Gasteiger partial charge in [0, 0.05) is 6.42 Å². The largest absolute Gasteiger partial charge is 0.394 e. The molecule has 0 spiro atoms. The number of nitrogens with one attached hydrogen (secondary N) is 1. The monoisotopic (exact) mass is 1480 g/mol. The summed E-state index contributed by atoms with van der Waals surface area (Å²) in [6, 6.07) is -1.02. The first kappa shape index (κ1) is 94.9. The molecular formula is C86H143NO18. The van der Waals surface area contributed by atoms with Crippen LogP contribution in [0.5, 0.6) is 0 Å². The van der Waals surface area contributed by atoms with Gasteiger partial charge in [-0.1, -0.05) is 282 Å². The summed E-state index contributed by atoms with van der Waals surface area (Å²) in [5.74, 6) is -0.306. The molecule has 105 heavy (non-hydrogen) atoms. The highest BCUT2D eigenvalue weighted by atomic mass is 16.8. The van der Waals surface area contributed by atoms with Crippen molar-refractivity contribution in [3.63, 3.8) is 0 Å². The molecule has 3 rings (SSSR count). The second kappa shape index (κ2) is 64.5. The van der Waals surface area contributed by atoms with E-state index >= 15 is 0 Å². The van der Waals surface area contributed by atoms with E-state index < -0.39 is 124 Å². The van der Waals surface area contributed by atoms with E-state index in [0.717, 1.165) is 128 Å². The number of hydrogen-bond donors (Lipinski definition) is 12. The zero-order chi connectivity index (χ0) is 76.0. The van der Waals surface area contributed by atoms with E-state index in [9.17, 15) is 61.0 Å². The number of unbranched alkanes of at least 4 members (excludes halogenated alkanes) is 24. The van der Waals surface area contributed by atoms with E-state index in [1.54, 1.807) is 6.08 Å². The summed E-state index contributed by atoms with van der Waals surface area (Å²) in [6.45, 7) is 1.59. The lowest BCUT2D eigenvalue weighted by atomic mass is 9.96. The second-order valence-electron chi connectivity index (χ2n) is 28.1. The van der Waals surface area contributed by atoms with Crippen LogP contribution in [0.4, 0.5) is 0 Å². The Hall–Kier alpha value is -4.33. The third kappa shape index (κ3) is 44.2. The summed E-state index contributed by atoms with van der Waals surface area (Å²) in [4.78, 5) is 13.5. The van der Waals surface area contributed by atoms with Crippen LogP contribution in [0.25, 0.3) is 0 Å². The number of carbonyl (C=O) groups excluding carboxylic acids is 1. The van der Waals surface area contributed by atoms with Gasteiger partial charge >= 0.3 is 0 Å². The van der Waals surface area contributed by atoms with Crippen molar-refractivity contribution < 1.29 is 89.4 Å². The zero-order valence-electron chi connectivity index (χ0n) is 64.1. The minimum atomic E-state index is -1.99. The Morgan fingerprint density at radius 3 is 1.07 bits per heavy atom. The highest BCUT2D eigenvalue weighted by Crippen LogP contribution is 2.33. The molecule has 3 saturated heterocycles. The van der Waals surface area contributed by atoms with Gasteiger partial charge < -0.3 is 89.9 Å². The van der Waals surface area contributed by atoms with Crippen molar-refractivity contribution in [1.82, 2.24) is 5.32 Å². The molecule has 3 heterocycles. The van der Waals surface area contributed by atoms with Crippen molar-refractivity contribution in [2.24, 2.45) is 0 Å². The van der Waals surface area contributed by atoms with Crippen LogP contribution in [-0.2, 0) is 33.2 Å². The van der Waals surface area contributed by atoms with E-state index in [-0.39, 0.29) is 18.9 Å². The number of aliphatic hydroxyl groups excluding tert-OH is 11.